The summed E-state index contributed by atoms with van der Waals surface area (Å²) in [7, 11) is 0. The van der Waals surface area contributed by atoms with Crippen LogP contribution in [-0.4, -0.2) is 27.6 Å². The maximum atomic E-state index is 15.8. The molecule has 0 spiro atoms. The fourth-order valence-electron chi connectivity index (χ4n) is 5.24. The van der Waals surface area contributed by atoms with Crippen LogP contribution in [0.5, 0.6) is 0 Å². The number of hydrogen-bond donors (Lipinski definition) is 0. The molecule has 0 atom stereocenters. The monoisotopic (exact) mass is 848 g/mol. The molecule has 0 nitrogen and oxygen atoms in total. The zero-order valence-electron chi connectivity index (χ0n) is 24.8. The van der Waals surface area contributed by atoms with E-state index in [1.807, 2.05) is 0 Å². The Bertz CT molecular complexity index is 2030. The molecule has 0 aliphatic heterocycles. The molecule has 0 aromatic heterocycles. The van der Waals surface area contributed by atoms with Crippen LogP contribution < -0.4 is 10.9 Å². The Kier molecular flexibility index (Phi) is 11.2. The molecule has 0 N–H and O–H groups in total. The molecule has 0 radical (unpaired) electrons. The average Bonchev–Trinajstić information content (AvgIpc) is 3.14. The van der Waals surface area contributed by atoms with Crippen LogP contribution in [0.1, 0.15) is 16.7 Å². The van der Waals surface area contributed by atoms with E-state index in [0.29, 0.717) is 5.56 Å². The summed E-state index contributed by atoms with van der Waals surface area (Å²) in [5, 5.41) is 0. The fourth-order valence-corrected chi connectivity index (χ4v) is 8.72. The van der Waals surface area contributed by atoms with Gasteiger partial charge in [-0.1, -0.05) is 0 Å². The minimum absolute atomic E-state index is 0.0829. The van der Waals surface area contributed by atoms with Crippen LogP contribution in [0, 0.1) is 87.3 Å². The average molecular weight is 846 g/mol. The van der Waals surface area contributed by atoms with Crippen molar-refractivity contribution >= 4 is 47.7 Å². The van der Waals surface area contributed by atoms with Gasteiger partial charge >= 0.3 is 289 Å². The Morgan fingerprint density at radius 3 is 1.14 bits per heavy atom. The molecule has 51 heavy (non-hydrogen) atoms. The first kappa shape index (κ1) is 37.9. The van der Waals surface area contributed by atoms with Crippen molar-refractivity contribution in [3.05, 3.63) is 165 Å². The van der Waals surface area contributed by atoms with Crippen LogP contribution in [-0.2, 0) is 6.42 Å². The summed E-state index contributed by atoms with van der Waals surface area (Å²) in [5.41, 5.74) is -8.42. The molecule has 0 heterocycles. The summed E-state index contributed by atoms with van der Waals surface area (Å²) < 4.78 is 225. The first-order chi connectivity index (χ1) is 24.1. The summed E-state index contributed by atoms with van der Waals surface area (Å²) in [5.74, 6) is -42.9. The molecule has 0 amide bonds. The zero-order chi connectivity index (χ0) is 37.5. The summed E-state index contributed by atoms with van der Waals surface area (Å²) in [4.78, 5) is 0. The Hall–Kier alpha value is -4.36. The second-order valence-electron chi connectivity index (χ2n) is 10.5. The Labute approximate surface area is 288 Å². The van der Waals surface area contributed by atoms with Crippen molar-refractivity contribution in [1.29, 1.82) is 0 Å². The molecule has 0 aliphatic rings. The molecule has 0 saturated heterocycles. The van der Waals surface area contributed by atoms with Crippen LogP contribution in [0.15, 0.2) is 60.7 Å². The van der Waals surface area contributed by atoms with Crippen LogP contribution in [0.4, 0.5) is 65.9 Å². The normalized spacial score (nSPS) is 12.0. The quantitative estimate of drug-likeness (QED) is 0.0458. The van der Waals surface area contributed by atoms with Gasteiger partial charge in [0, 0.05) is 0 Å². The molecule has 264 valence electrons. The van der Waals surface area contributed by atoms with Crippen LogP contribution in [0.25, 0.3) is 9.09 Å². The molecule has 0 saturated carbocycles. The Morgan fingerprint density at radius 2 is 0.745 bits per heavy atom. The van der Waals surface area contributed by atoms with E-state index >= 15 is 26.3 Å². The van der Waals surface area contributed by atoms with Crippen molar-refractivity contribution in [3.63, 3.8) is 0 Å². The standard InChI is InChI=1S/C34H14BF15Te/c36-19-15(20(37)26(43)31(48)25(19)42)16(34(14-9-5-2-6-10-14)51-12-11-13-7-3-1-4-8-13)35(17-21(38)27(44)32(49)28(45)22(17)39)18-23(40)29(46)33(50)30(47)24(18)41/h1-10H,11-12H2/b34-16-. The number of hydrogen-bond acceptors (Lipinski definition) is 0. The number of aryl methyl sites for hydroxylation is 1. The summed E-state index contributed by atoms with van der Waals surface area (Å²) >= 11 is -2.32. The summed E-state index contributed by atoms with van der Waals surface area (Å²) in [6, 6.07) is 14.0. The van der Waals surface area contributed by atoms with Gasteiger partial charge in [0.15, 0.2) is 0 Å². The van der Waals surface area contributed by atoms with E-state index in [0.717, 1.165) is 12.1 Å². The molecular weight excluding hydrogens is 832 g/mol. The molecule has 5 rings (SSSR count). The summed E-state index contributed by atoms with van der Waals surface area (Å²) in [6.45, 7) is -3.63. The van der Waals surface area contributed by atoms with E-state index in [9.17, 15) is 39.5 Å². The van der Waals surface area contributed by atoms with Gasteiger partial charge in [0.2, 0.25) is 0 Å². The second kappa shape index (κ2) is 15.1. The van der Waals surface area contributed by atoms with Gasteiger partial charge in [0.05, 0.1) is 0 Å². The van der Waals surface area contributed by atoms with Crippen molar-refractivity contribution in [2.45, 2.75) is 10.9 Å². The molecule has 5 aromatic rings. The predicted molar refractivity (Wildman–Crippen MR) is 158 cm³/mol. The van der Waals surface area contributed by atoms with Crippen molar-refractivity contribution in [1.82, 2.24) is 0 Å². The molecule has 0 aliphatic carbocycles. The van der Waals surface area contributed by atoms with E-state index in [-0.39, 0.29) is 16.5 Å². The Balaban J connectivity index is 2.07. The number of rotatable bonds is 9. The van der Waals surface area contributed by atoms with Crippen molar-refractivity contribution in [2.75, 3.05) is 0 Å². The van der Waals surface area contributed by atoms with Gasteiger partial charge in [0.25, 0.3) is 0 Å². The van der Waals surface area contributed by atoms with E-state index in [1.54, 1.807) is 30.3 Å². The first-order valence-electron chi connectivity index (χ1n) is 14.1. The third kappa shape index (κ3) is 6.73. The molecule has 0 fully saturated rings. The third-order valence-electron chi connectivity index (χ3n) is 7.59. The van der Waals surface area contributed by atoms with Gasteiger partial charge in [-0.3, -0.25) is 0 Å². The van der Waals surface area contributed by atoms with Gasteiger partial charge in [0.1, 0.15) is 0 Å². The Morgan fingerprint density at radius 1 is 0.412 bits per heavy atom. The van der Waals surface area contributed by atoms with Crippen molar-refractivity contribution < 1.29 is 65.9 Å². The van der Waals surface area contributed by atoms with Gasteiger partial charge in [-0.25, -0.2) is 0 Å². The van der Waals surface area contributed by atoms with Crippen LogP contribution in [0.2, 0.25) is 4.47 Å². The van der Waals surface area contributed by atoms with E-state index in [4.69, 9.17) is 0 Å². The zero-order valence-corrected chi connectivity index (χ0v) is 27.2. The van der Waals surface area contributed by atoms with Gasteiger partial charge in [-0.2, -0.15) is 0 Å². The number of halogens is 15. The number of benzene rings is 5. The molecule has 5 aromatic carbocycles. The van der Waals surface area contributed by atoms with Crippen LogP contribution in [0.3, 0.4) is 0 Å². The minimum atomic E-state index is -3.63. The van der Waals surface area contributed by atoms with Crippen molar-refractivity contribution in [3.8, 4) is 0 Å². The molecule has 0 unspecified atom stereocenters. The first-order valence-corrected chi connectivity index (χ1v) is 16.9. The topological polar surface area (TPSA) is 0 Å². The van der Waals surface area contributed by atoms with E-state index in [1.165, 1.54) is 18.2 Å². The maximum absolute atomic E-state index is 15.8. The third-order valence-corrected chi connectivity index (χ3v) is 10.9. The van der Waals surface area contributed by atoms with Crippen LogP contribution >= 0.6 is 0 Å². The summed E-state index contributed by atoms with van der Waals surface area (Å²) in [6.07, 6.45) is 0.0829. The van der Waals surface area contributed by atoms with Gasteiger partial charge in [-0.15, -0.1) is 0 Å². The fraction of sp³-hybridized carbons (Fsp3) is 0.0588. The molecular formula is C34H14BF15Te. The van der Waals surface area contributed by atoms with Gasteiger partial charge < -0.3 is 0 Å². The van der Waals surface area contributed by atoms with E-state index in [2.05, 4.69) is 0 Å². The SMILES string of the molecule is Fc1c(F)c(F)c(B(/C(=C(\[Te]CCc2ccccc2)c2ccccc2)c2c(F)c(F)c(F)c(F)c2F)c2c(F)c(F)c(F)c(F)c2F)c(F)c1F. The van der Waals surface area contributed by atoms with Crippen molar-refractivity contribution in [2.24, 2.45) is 0 Å². The molecule has 17 heteroatoms. The van der Waals surface area contributed by atoms with E-state index < -0.39 is 140 Å². The van der Waals surface area contributed by atoms with Gasteiger partial charge in [-0.05, 0) is 0 Å². The molecule has 0 bridgehead atoms. The predicted octanol–water partition coefficient (Wildman–Crippen LogP) is 8.86. The second-order valence-corrected chi connectivity index (χ2v) is 13.7.